The second-order valence-electron chi connectivity index (χ2n) is 4.48. The Balaban J connectivity index is 2.73. The molecule has 0 aliphatic carbocycles. The van der Waals surface area contributed by atoms with E-state index in [0.717, 1.165) is 31.2 Å². The fourth-order valence-corrected chi connectivity index (χ4v) is 2.01. The Kier molecular flexibility index (Phi) is 5.93. The molecule has 0 N–H and O–H groups in total. The summed E-state index contributed by atoms with van der Waals surface area (Å²) in [6, 6.07) is 6.13. The molecule has 0 saturated heterocycles. The summed E-state index contributed by atoms with van der Waals surface area (Å²) in [5, 5.41) is 0. The molecule has 0 heterocycles. The fraction of sp³-hybridized carbons (Fsp3) is 0.467. The van der Waals surface area contributed by atoms with Crippen molar-refractivity contribution in [3.63, 3.8) is 0 Å². The lowest BCUT2D eigenvalue weighted by Gasteiger charge is -2.16. The van der Waals surface area contributed by atoms with Crippen LogP contribution in [-0.4, -0.2) is 6.36 Å². The van der Waals surface area contributed by atoms with E-state index >= 15 is 0 Å². The number of ether oxygens (including phenoxy) is 1. The van der Waals surface area contributed by atoms with Crippen LogP contribution in [0.3, 0.4) is 0 Å². The van der Waals surface area contributed by atoms with E-state index < -0.39 is 6.36 Å². The summed E-state index contributed by atoms with van der Waals surface area (Å²) >= 11 is 0. The molecule has 1 unspecified atom stereocenters. The highest BCUT2D eigenvalue weighted by Gasteiger charge is 2.31. The molecule has 1 nitrogen and oxygen atoms in total. The van der Waals surface area contributed by atoms with Gasteiger partial charge in [0, 0.05) is 0 Å². The van der Waals surface area contributed by atoms with Gasteiger partial charge in [-0.1, -0.05) is 38.0 Å². The predicted octanol–water partition coefficient (Wildman–Crippen LogP) is 5.44. The van der Waals surface area contributed by atoms with Crippen LogP contribution < -0.4 is 4.74 Å². The first-order chi connectivity index (χ1) is 8.96. The molecule has 0 saturated carbocycles. The van der Waals surface area contributed by atoms with Crippen LogP contribution in [0.25, 0.3) is 0 Å². The summed E-state index contributed by atoms with van der Waals surface area (Å²) in [7, 11) is 0. The number of rotatable bonds is 7. The van der Waals surface area contributed by atoms with Gasteiger partial charge in [0.1, 0.15) is 5.75 Å². The second kappa shape index (κ2) is 7.22. The molecule has 106 valence electrons. The molecule has 0 radical (unpaired) electrons. The lowest BCUT2D eigenvalue weighted by Crippen LogP contribution is -2.17. The van der Waals surface area contributed by atoms with Gasteiger partial charge >= 0.3 is 6.36 Å². The van der Waals surface area contributed by atoms with E-state index in [9.17, 15) is 13.2 Å². The van der Waals surface area contributed by atoms with E-state index in [-0.39, 0.29) is 5.75 Å². The van der Waals surface area contributed by atoms with Gasteiger partial charge in [0.05, 0.1) is 0 Å². The van der Waals surface area contributed by atoms with Crippen molar-refractivity contribution in [2.45, 2.75) is 44.9 Å². The van der Waals surface area contributed by atoms with Crippen molar-refractivity contribution in [2.75, 3.05) is 0 Å². The molecule has 1 aromatic rings. The maximum atomic E-state index is 12.1. The second-order valence-corrected chi connectivity index (χ2v) is 4.48. The number of benzene rings is 1. The maximum Gasteiger partial charge on any atom is 0.573 e. The summed E-state index contributed by atoms with van der Waals surface area (Å²) in [4.78, 5) is 0. The van der Waals surface area contributed by atoms with Crippen LogP contribution in [0.4, 0.5) is 13.2 Å². The highest BCUT2D eigenvalue weighted by molar-refractivity contribution is 5.30. The number of halogens is 3. The van der Waals surface area contributed by atoms with Crippen LogP contribution in [0.5, 0.6) is 5.75 Å². The summed E-state index contributed by atoms with van der Waals surface area (Å²) in [5.41, 5.74) is 1.03. The van der Waals surface area contributed by atoms with Crippen molar-refractivity contribution in [3.05, 3.63) is 42.5 Å². The van der Waals surface area contributed by atoms with Crippen LogP contribution >= 0.6 is 0 Å². The molecular formula is C15H19F3O. The normalized spacial score (nSPS) is 13.1. The SMILES string of the molecule is C=CCC(CCCC)c1ccc(OC(F)(F)F)cc1. The molecule has 0 spiro atoms. The molecule has 1 atom stereocenters. The van der Waals surface area contributed by atoms with Gasteiger partial charge in [-0.3, -0.25) is 0 Å². The third kappa shape index (κ3) is 5.81. The standard InChI is InChI=1S/C15H19F3O/c1-3-5-7-12(6-4-2)13-8-10-14(11-9-13)19-15(16,17)18/h4,8-12H,2-3,5-7H2,1H3. The Morgan fingerprint density at radius 2 is 1.89 bits per heavy atom. The monoisotopic (exact) mass is 272 g/mol. The Morgan fingerprint density at radius 1 is 1.26 bits per heavy atom. The summed E-state index contributed by atoms with van der Waals surface area (Å²) in [5.74, 6) is 0.140. The highest BCUT2D eigenvalue weighted by atomic mass is 19.4. The van der Waals surface area contributed by atoms with Crippen LogP contribution in [0.1, 0.15) is 44.1 Å². The minimum Gasteiger partial charge on any atom is -0.406 e. The quantitative estimate of drug-likeness (QED) is 0.601. The summed E-state index contributed by atoms with van der Waals surface area (Å²) in [6.45, 7) is 5.84. The predicted molar refractivity (Wildman–Crippen MR) is 70.2 cm³/mol. The largest absolute Gasteiger partial charge is 0.573 e. The Hall–Kier alpha value is -1.45. The van der Waals surface area contributed by atoms with Crippen molar-refractivity contribution < 1.29 is 17.9 Å². The molecule has 0 aliphatic rings. The van der Waals surface area contributed by atoms with E-state index in [1.54, 1.807) is 12.1 Å². The number of allylic oxidation sites excluding steroid dienone is 1. The van der Waals surface area contributed by atoms with Crippen molar-refractivity contribution >= 4 is 0 Å². The minimum absolute atomic E-state index is 0.177. The minimum atomic E-state index is -4.63. The number of unbranched alkanes of at least 4 members (excludes halogenated alkanes) is 1. The fourth-order valence-electron chi connectivity index (χ4n) is 2.01. The molecular weight excluding hydrogens is 253 g/mol. The summed E-state index contributed by atoms with van der Waals surface area (Å²) in [6.07, 6.45) is 1.26. The lowest BCUT2D eigenvalue weighted by atomic mass is 9.91. The zero-order chi connectivity index (χ0) is 14.3. The molecule has 1 aromatic carbocycles. The number of hydrogen-bond acceptors (Lipinski definition) is 1. The van der Waals surface area contributed by atoms with Crippen molar-refractivity contribution in [1.82, 2.24) is 0 Å². The topological polar surface area (TPSA) is 9.23 Å². The average molecular weight is 272 g/mol. The van der Waals surface area contributed by atoms with Crippen LogP contribution in [-0.2, 0) is 0 Å². The smallest absolute Gasteiger partial charge is 0.406 e. The average Bonchev–Trinajstić information content (AvgIpc) is 2.34. The summed E-state index contributed by atoms with van der Waals surface area (Å²) < 4.78 is 40.0. The molecule has 0 aromatic heterocycles. The van der Waals surface area contributed by atoms with Gasteiger partial charge in [-0.25, -0.2) is 0 Å². The van der Waals surface area contributed by atoms with E-state index in [1.807, 2.05) is 6.08 Å². The number of alkyl halides is 3. The van der Waals surface area contributed by atoms with Crippen LogP contribution in [0.15, 0.2) is 36.9 Å². The molecule has 0 amide bonds. The molecule has 19 heavy (non-hydrogen) atoms. The van der Waals surface area contributed by atoms with E-state index in [0.29, 0.717) is 5.92 Å². The van der Waals surface area contributed by atoms with E-state index in [4.69, 9.17) is 0 Å². The third-order valence-corrected chi connectivity index (χ3v) is 2.94. The van der Waals surface area contributed by atoms with Crippen molar-refractivity contribution in [2.24, 2.45) is 0 Å². The highest BCUT2D eigenvalue weighted by Crippen LogP contribution is 2.29. The first-order valence-electron chi connectivity index (χ1n) is 6.43. The zero-order valence-corrected chi connectivity index (χ0v) is 11.0. The van der Waals surface area contributed by atoms with Gasteiger partial charge < -0.3 is 4.74 Å². The van der Waals surface area contributed by atoms with Crippen molar-refractivity contribution in [3.8, 4) is 5.75 Å². The zero-order valence-electron chi connectivity index (χ0n) is 11.0. The van der Waals surface area contributed by atoms with Gasteiger partial charge in [-0.2, -0.15) is 0 Å². The molecule has 0 aliphatic heterocycles. The first-order valence-corrected chi connectivity index (χ1v) is 6.43. The molecule has 1 rings (SSSR count). The Morgan fingerprint density at radius 3 is 2.37 bits per heavy atom. The third-order valence-electron chi connectivity index (χ3n) is 2.94. The van der Waals surface area contributed by atoms with Crippen LogP contribution in [0, 0.1) is 0 Å². The van der Waals surface area contributed by atoms with Gasteiger partial charge in [0.2, 0.25) is 0 Å². The molecule has 0 bridgehead atoms. The van der Waals surface area contributed by atoms with Crippen LogP contribution in [0.2, 0.25) is 0 Å². The first kappa shape index (κ1) is 15.6. The van der Waals surface area contributed by atoms with Gasteiger partial charge in [-0.15, -0.1) is 19.8 Å². The van der Waals surface area contributed by atoms with Gasteiger partial charge in [-0.05, 0) is 36.5 Å². The van der Waals surface area contributed by atoms with Gasteiger partial charge in [0.15, 0.2) is 0 Å². The Bertz CT molecular complexity index is 381. The molecule has 4 heteroatoms. The van der Waals surface area contributed by atoms with Crippen molar-refractivity contribution in [1.29, 1.82) is 0 Å². The van der Waals surface area contributed by atoms with E-state index in [1.165, 1.54) is 12.1 Å². The van der Waals surface area contributed by atoms with Gasteiger partial charge in [0.25, 0.3) is 0 Å². The van der Waals surface area contributed by atoms with E-state index in [2.05, 4.69) is 18.2 Å². The maximum absolute atomic E-state index is 12.1. The lowest BCUT2D eigenvalue weighted by molar-refractivity contribution is -0.274. The number of hydrogen-bond donors (Lipinski definition) is 0. The molecule has 0 fully saturated rings. The Labute approximate surface area is 112 Å².